The zero-order valence-corrected chi connectivity index (χ0v) is 28.4. The van der Waals surface area contributed by atoms with Crippen LogP contribution in [0.1, 0.15) is 34.2 Å². The lowest BCUT2D eigenvalue weighted by Gasteiger charge is -2.34. The first-order chi connectivity index (χ1) is 25.3. The fraction of sp³-hybridized carbons (Fsp3) is 0.0400. The Labute approximate surface area is 300 Å². The van der Waals surface area contributed by atoms with E-state index in [2.05, 4.69) is 217 Å². The Kier molecular flexibility index (Phi) is 7.87. The zero-order valence-electron chi connectivity index (χ0n) is 28.4. The molecular weight excluding hydrogens is 615 g/mol. The van der Waals surface area contributed by atoms with Crippen molar-refractivity contribution < 1.29 is 0 Å². The quantitative estimate of drug-likeness (QED) is 0.166. The highest BCUT2D eigenvalue weighted by atomic mass is 15.1. The molecule has 2 aliphatic rings. The molecule has 7 aromatic rings. The van der Waals surface area contributed by atoms with Gasteiger partial charge in [0.2, 0.25) is 0 Å². The molecule has 0 aliphatic heterocycles. The molecule has 0 saturated carbocycles. The minimum absolute atomic E-state index is 0.425. The Morgan fingerprint density at radius 3 is 1.47 bits per heavy atom. The van der Waals surface area contributed by atoms with Gasteiger partial charge in [0.05, 0.1) is 5.41 Å². The van der Waals surface area contributed by atoms with Gasteiger partial charge in [0, 0.05) is 17.1 Å². The normalized spacial score (nSPS) is 13.9. The first kappa shape index (κ1) is 30.6. The number of hydrogen-bond donors (Lipinski definition) is 0. The number of hydrogen-bond acceptors (Lipinski definition) is 1. The molecule has 0 aromatic heterocycles. The highest BCUT2D eigenvalue weighted by Crippen LogP contribution is 2.56. The summed E-state index contributed by atoms with van der Waals surface area (Å²) in [7, 11) is 0. The second-order valence-electron chi connectivity index (χ2n) is 13.2. The van der Waals surface area contributed by atoms with Crippen LogP contribution in [0.2, 0.25) is 0 Å². The van der Waals surface area contributed by atoms with Gasteiger partial charge in [0.15, 0.2) is 0 Å². The summed E-state index contributed by atoms with van der Waals surface area (Å²) < 4.78 is 0. The molecule has 0 spiro atoms. The van der Waals surface area contributed by atoms with Crippen LogP contribution in [0.25, 0.3) is 27.8 Å². The van der Waals surface area contributed by atoms with Gasteiger partial charge in [-0.1, -0.05) is 176 Å². The van der Waals surface area contributed by atoms with Crippen molar-refractivity contribution in [3.05, 3.63) is 240 Å². The molecule has 2 aliphatic carbocycles. The van der Waals surface area contributed by atoms with Gasteiger partial charge >= 0.3 is 0 Å². The van der Waals surface area contributed by atoms with E-state index >= 15 is 0 Å². The molecule has 0 N–H and O–H groups in total. The minimum Gasteiger partial charge on any atom is -0.311 e. The van der Waals surface area contributed by atoms with Crippen LogP contribution in [-0.2, 0) is 5.41 Å². The van der Waals surface area contributed by atoms with E-state index in [-0.39, 0.29) is 0 Å². The molecule has 0 amide bonds. The SMILES string of the molecule is C1=CCC=CC(c2ccc(N(c3ccc(-c4ccccc4)cc3)c3ccc(C4(c5ccccc5)c5ccccc5-c5ccccc54)cc3)cc2)=C1. The lowest BCUT2D eigenvalue weighted by Crippen LogP contribution is -2.28. The van der Waals surface area contributed by atoms with Gasteiger partial charge in [0.1, 0.15) is 0 Å². The third-order valence-corrected chi connectivity index (χ3v) is 10.4. The van der Waals surface area contributed by atoms with Crippen LogP contribution >= 0.6 is 0 Å². The van der Waals surface area contributed by atoms with Crippen molar-refractivity contribution >= 4 is 22.6 Å². The summed E-state index contributed by atoms with van der Waals surface area (Å²) >= 11 is 0. The van der Waals surface area contributed by atoms with Crippen LogP contribution in [0.4, 0.5) is 17.1 Å². The van der Waals surface area contributed by atoms with Gasteiger partial charge in [-0.05, 0) is 98.5 Å². The summed E-state index contributed by atoms with van der Waals surface area (Å²) in [5.41, 5.74) is 15.5. The third-order valence-electron chi connectivity index (χ3n) is 10.4. The Hall–Kier alpha value is -6.44. The summed E-state index contributed by atoms with van der Waals surface area (Å²) in [5, 5.41) is 0. The fourth-order valence-corrected chi connectivity index (χ4v) is 8.03. The van der Waals surface area contributed by atoms with E-state index in [1.165, 1.54) is 55.6 Å². The van der Waals surface area contributed by atoms with Crippen LogP contribution in [0.5, 0.6) is 0 Å². The van der Waals surface area contributed by atoms with Crippen molar-refractivity contribution in [3.63, 3.8) is 0 Å². The van der Waals surface area contributed by atoms with Crippen LogP contribution < -0.4 is 4.90 Å². The summed E-state index contributed by atoms with van der Waals surface area (Å²) in [6, 6.07) is 66.6. The second-order valence-corrected chi connectivity index (χ2v) is 13.2. The Morgan fingerprint density at radius 1 is 0.392 bits per heavy atom. The monoisotopic (exact) mass is 651 g/mol. The van der Waals surface area contributed by atoms with E-state index in [9.17, 15) is 0 Å². The largest absolute Gasteiger partial charge is 0.311 e. The summed E-state index contributed by atoms with van der Waals surface area (Å²) in [4.78, 5) is 2.37. The number of benzene rings is 7. The fourth-order valence-electron chi connectivity index (χ4n) is 8.03. The molecule has 7 aromatic carbocycles. The van der Waals surface area contributed by atoms with E-state index < -0.39 is 5.41 Å². The molecule has 0 saturated heterocycles. The predicted molar refractivity (Wildman–Crippen MR) is 215 cm³/mol. The smallest absolute Gasteiger partial charge is 0.0713 e. The number of fused-ring (bicyclic) bond motifs is 3. The minimum atomic E-state index is -0.425. The average molecular weight is 652 g/mol. The topological polar surface area (TPSA) is 3.24 Å². The van der Waals surface area contributed by atoms with Crippen molar-refractivity contribution in [3.8, 4) is 22.3 Å². The second kappa shape index (κ2) is 13.1. The van der Waals surface area contributed by atoms with Crippen LogP contribution in [0, 0.1) is 0 Å². The van der Waals surface area contributed by atoms with Gasteiger partial charge in [-0.2, -0.15) is 0 Å². The molecule has 9 rings (SSSR count). The first-order valence-electron chi connectivity index (χ1n) is 17.8. The molecule has 0 heterocycles. The summed E-state index contributed by atoms with van der Waals surface area (Å²) in [5.74, 6) is 0. The Balaban J connectivity index is 1.17. The van der Waals surface area contributed by atoms with E-state index in [0.717, 1.165) is 23.5 Å². The standard InChI is InChI=1S/C50H37N/c1-2-6-16-37(15-5-1)39-25-31-43(32-26-39)51(44-33-27-40(28-34-44)38-17-7-3-8-18-38)45-35-29-42(30-36-45)50(41-19-9-4-10-20-41)48-23-13-11-21-46(48)47-22-12-14-24-49(47)50/h1,3-36H,2H2. The van der Waals surface area contributed by atoms with E-state index in [4.69, 9.17) is 0 Å². The van der Waals surface area contributed by atoms with Crippen molar-refractivity contribution in [1.82, 2.24) is 0 Å². The lowest BCUT2D eigenvalue weighted by atomic mass is 9.68. The highest BCUT2D eigenvalue weighted by Gasteiger charge is 2.45. The molecular formula is C50H37N. The van der Waals surface area contributed by atoms with Gasteiger partial charge in [-0.25, -0.2) is 0 Å². The summed E-state index contributed by atoms with van der Waals surface area (Å²) in [6.07, 6.45) is 11.9. The maximum absolute atomic E-state index is 2.37. The van der Waals surface area contributed by atoms with Gasteiger partial charge in [-0.3, -0.25) is 0 Å². The predicted octanol–water partition coefficient (Wildman–Crippen LogP) is 13.1. The van der Waals surface area contributed by atoms with Crippen molar-refractivity contribution in [2.24, 2.45) is 0 Å². The molecule has 0 unspecified atom stereocenters. The van der Waals surface area contributed by atoms with Crippen LogP contribution in [0.15, 0.2) is 212 Å². The third kappa shape index (κ3) is 5.35. The summed E-state index contributed by atoms with van der Waals surface area (Å²) in [6.45, 7) is 0. The van der Waals surface area contributed by atoms with E-state index in [0.29, 0.717) is 0 Å². The van der Waals surface area contributed by atoms with E-state index in [1.807, 2.05) is 0 Å². The van der Waals surface area contributed by atoms with E-state index in [1.54, 1.807) is 0 Å². The first-order valence-corrected chi connectivity index (χ1v) is 17.8. The maximum Gasteiger partial charge on any atom is 0.0713 e. The number of anilines is 3. The van der Waals surface area contributed by atoms with Gasteiger partial charge in [-0.15, -0.1) is 0 Å². The van der Waals surface area contributed by atoms with Crippen molar-refractivity contribution in [2.75, 3.05) is 4.90 Å². The van der Waals surface area contributed by atoms with Crippen molar-refractivity contribution in [1.29, 1.82) is 0 Å². The number of allylic oxidation sites excluding steroid dienone is 6. The highest BCUT2D eigenvalue weighted by molar-refractivity contribution is 5.87. The number of rotatable bonds is 7. The van der Waals surface area contributed by atoms with Crippen LogP contribution in [0.3, 0.4) is 0 Å². The lowest BCUT2D eigenvalue weighted by molar-refractivity contribution is 0.768. The molecule has 1 nitrogen and oxygen atoms in total. The molecule has 0 atom stereocenters. The molecule has 0 bridgehead atoms. The Morgan fingerprint density at radius 2 is 0.863 bits per heavy atom. The van der Waals surface area contributed by atoms with Gasteiger partial charge in [0.25, 0.3) is 0 Å². The molecule has 0 radical (unpaired) electrons. The van der Waals surface area contributed by atoms with Crippen LogP contribution in [-0.4, -0.2) is 0 Å². The molecule has 242 valence electrons. The maximum atomic E-state index is 2.37. The molecule has 51 heavy (non-hydrogen) atoms. The van der Waals surface area contributed by atoms with Crippen molar-refractivity contribution in [2.45, 2.75) is 11.8 Å². The number of nitrogens with zero attached hydrogens (tertiary/aromatic N) is 1. The van der Waals surface area contributed by atoms with Gasteiger partial charge < -0.3 is 4.90 Å². The Bertz CT molecular complexity index is 2350. The molecule has 1 heteroatoms. The zero-order chi connectivity index (χ0) is 34.0. The molecule has 0 fully saturated rings. The average Bonchev–Trinajstić information content (AvgIpc) is 3.31.